The molecule has 3 heteroatoms. The van der Waals surface area contributed by atoms with Gasteiger partial charge >= 0.3 is 0 Å². The average molecular weight is 234 g/mol. The van der Waals surface area contributed by atoms with Gasteiger partial charge in [0.1, 0.15) is 0 Å². The molecule has 0 bridgehead atoms. The summed E-state index contributed by atoms with van der Waals surface area (Å²) in [6.07, 6.45) is 2.14. The van der Waals surface area contributed by atoms with Crippen LogP contribution >= 0.6 is 0 Å². The van der Waals surface area contributed by atoms with Crippen LogP contribution in [-0.2, 0) is 4.74 Å². The van der Waals surface area contributed by atoms with Crippen LogP contribution in [-0.4, -0.2) is 37.7 Å². The summed E-state index contributed by atoms with van der Waals surface area (Å²) < 4.78 is 5.52. The fraction of sp³-hybridized carbons (Fsp3) is 0.571. The molecule has 1 atom stereocenters. The first-order valence-corrected chi connectivity index (χ1v) is 6.48. The van der Waals surface area contributed by atoms with Gasteiger partial charge in [-0.2, -0.15) is 0 Å². The van der Waals surface area contributed by atoms with Gasteiger partial charge in [-0.1, -0.05) is 30.3 Å². The van der Waals surface area contributed by atoms with E-state index in [1.54, 1.807) is 0 Å². The molecule has 1 aromatic carbocycles. The summed E-state index contributed by atoms with van der Waals surface area (Å²) in [4.78, 5) is 2.51. The van der Waals surface area contributed by atoms with Gasteiger partial charge in [-0.25, -0.2) is 0 Å². The molecule has 1 aromatic rings. The Bertz CT molecular complexity index is 307. The highest BCUT2D eigenvalue weighted by Crippen LogP contribution is 2.24. The summed E-state index contributed by atoms with van der Waals surface area (Å²) in [6, 6.07) is 11.1. The van der Waals surface area contributed by atoms with Crippen LogP contribution in [0.25, 0.3) is 0 Å². The lowest BCUT2D eigenvalue weighted by Crippen LogP contribution is -2.32. The van der Waals surface area contributed by atoms with Crippen molar-refractivity contribution in [3.63, 3.8) is 0 Å². The molecule has 1 aliphatic rings. The fourth-order valence-corrected chi connectivity index (χ4v) is 2.47. The maximum Gasteiger partial charge on any atom is 0.0593 e. The average Bonchev–Trinajstić information content (AvgIpc) is 2.66. The van der Waals surface area contributed by atoms with Crippen molar-refractivity contribution in [3.8, 4) is 0 Å². The molecule has 0 aromatic heterocycles. The van der Waals surface area contributed by atoms with Gasteiger partial charge in [-0.3, -0.25) is 4.90 Å². The minimum atomic E-state index is 0.447. The van der Waals surface area contributed by atoms with Crippen LogP contribution in [0.1, 0.15) is 24.4 Å². The second-order valence-corrected chi connectivity index (χ2v) is 4.51. The van der Waals surface area contributed by atoms with E-state index in [1.165, 1.54) is 5.56 Å². The van der Waals surface area contributed by atoms with Gasteiger partial charge in [-0.15, -0.1) is 0 Å². The molecule has 0 spiro atoms. The van der Waals surface area contributed by atoms with Crippen molar-refractivity contribution < 1.29 is 4.74 Å². The summed E-state index contributed by atoms with van der Waals surface area (Å²) in [6.45, 7) is 4.59. The lowest BCUT2D eigenvalue weighted by Gasteiger charge is -2.30. The molecule has 3 nitrogen and oxygen atoms in total. The van der Waals surface area contributed by atoms with Gasteiger partial charge in [0, 0.05) is 25.7 Å². The predicted octanol–water partition coefficient (Wildman–Crippen LogP) is 1.80. The van der Waals surface area contributed by atoms with Gasteiger partial charge in [0.25, 0.3) is 0 Å². The highest BCUT2D eigenvalue weighted by molar-refractivity contribution is 5.19. The molecule has 2 rings (SSSR count). The standard InChI is InChI=1S/C14H22N2O/c15-8-7-14(13-5-2-1-3-6-13)16-9-4-11-17-12-10-16/h1-3,5-6,14H,4,7-12,15H2. The third-order valence-electron chi connectivity index (χ3n) is 3.32. The van der Waals surface area contributed by atoms with E-state index in [9.17, 15) is 0 Å². The zero-order valence-electron chi connectivity index (χ0n) is 10.3. The molecule has 0 radical (unpaired) electrons. The first-order chi connectivity index (χ1) is 8.42. The van der Waals surface area contributed by atoms with E-state index in [-0.39, 0.29) is 0 Å². The molecule has 17 heavy (non-hydrogen) atoms. The summed E-state index contributed by atoms with van der Waals surface area (Å²) in [5, 5.41) is 0. The number of nitrogens with two attached hydrogens (primary N) is 1. The number of hydrogen-bond acceptors (Lipinski definition) is 3. The molecule has 0 saturated carbocycles. The number of nitrogens with zero attached hydrogens (tertiary/aromatic N) is 1. The topological polar surface area (TPSA) is 38.5 Å². The van der Waals surface area contributed by atoms with E-state index in [0.717, 1.165) is 45.7 Å². The number of benzene rings is 1. The number of hydrogen-bond donors (Lipinski definition) is 1. The van der Waals surface area contributed by atoms with Gasteiger partial charge in [0.05, 0.1) is 6.61 Å². The van der Waals surface area contributed by atoms with Crippen LogP contribution < -0.4 is 5.73 Å². The third-order valence-corrected chi connectivity index (χ3v) is 3.32. The van der Waals surface area contributed by atoms with E-state index in [2.05, 4.69) is 35.2 Å². The summed E-state index contributed by atoms with van der Waals surface area (Å²) in [7, 11) is 0. The molecule has 1 fully saturated rings. The van der Waals surface area contributed by atoms with Crippen LogP contribution in [0.5, 0.6) is 0 Å². The highest BCUT2D eigenvalue weighted by Gasteiger charge is 2.20. The molecular weight excluding hydrogens is 212 g/mol. The van der Waals surface area contributed by atoms with Crippen molar-refractivity contribution in [1.29, 1.82) is 0 Å². The van der Waals surface area contributed by atoms with E-state index < -0.39 is 0 Å². The first kappa shape index (κ1) is 12.6. The minimum Gasteiger partial charge on any atom is -0.380 e. The Labute approximate surface area is 104 Å². The summed E-state index contributed by atoms with van der Waals surface area (Å²) in [5.41, 5.74) is 7.13. The largest absolute Gasteiger partial charge is 0.380 e. The summed E-state index contributed by atoms with van der Waals surface area (Å²) >= 11 is 0. The molecule has 1 unspecified atom stereocenters. The Morgan fingerprint density at radius 3 is 2.76 bits per heavy atom. The lowest BCUT2D eigenvalue weighted by molar-refractivity contribution is 0.130. The third kappa shape index (κ3) is 3.53. The second-order valence-electron chi connectivity index (χ2n) is 4.51. The van der Waals surface area contributed by atoms with Crippen LogP contribution in [0.3, 0.4) is 0 Å². The van der Waals surface area contributed by atoms with Crippen LogP contribution in [0.4, 0.5) is 0 Å². The van der Waals surface area contributed by atoms with E-state index >= 15 is 0 Å². The maximum absolute atomic E-state index is 5.75. The Morgan fingerprint density at radius 2 is 2.00 bits per heavy atom. The van der Waals surface area contributed by atoms with Crippen LogP contribution in [0.15, 0.2) is 30.3 Å². The Kier molecular flexibility index (Phi) is 4.98. The molecule has 1 aliphatic heterocycles. The summed E-state index contributed by atoms with van der Waals surface area (Å²) in [5.74, 6) is 0. The maximum atomic E-state index is 5.75. The smallest absolute Gasteiger partial charge is 0.0593 e. The lowest BCUT2D eigenvalue weighted by atomic mass is 10.0. The molecule has 2 N–H and O–H groups in total. The normalized spacial score (nSPS) is 19.8. The van der Waals surface area contributed by atoms with Gasteiger partial charge in [0.2, 0.25) is 0 Å². The van der Waals surface area contributed by atoms with Crippen molar-refractivity contribution >= 4 is 0 Å². The predicted molar refractivity (Wildman–Crippen MR) is 69.9 cm³/mol. The Balaban J connectivity index is 2.10. The van der Waals surface area contributed by atoms with Crippen molar-refractivity contribution in [2.75, 3.05) is 32.8 Å². The second kappa shape index (κ2) is 6.74. The van der Waals surface area contributed by atoms with E-state index in [1.807, 2.05) is 0 Å². The van der Waals surface area contributed by atoms with Crippen molar-refractivity contribution in [2.24, 2.45) is 5.73 Å². The van der Waals surface area contributed by atoms with Crippen molar-refractivity contribution in [3.05, 3.63) is 35.9 Å². The minimum absolute atomic E-state index is 0.447. The van der Waals surface area contributed by atoms with Crippen molar-refractivity contribution in [2.45, 2.75) is 18.9 Å². The monoisotopic (exact) mass is 234 g/mol. The Hall–Kier alpha value is -0.900. The molecule has 1 heterocycles. The molecule has 1 saturated heterocycles. The zero-order valence-corrected chi connectivity index (χ0v) is 10.3. The SMILES string of the molecule is NCCC(c1ccccc1)N1CCCOCC1. The van der Waals surface area contributed by atoms with E-state index in [0.29, 0.717) is 6.04 Å². The zero-order chi connectivity index (χ0) is 11.9. The quantitative estimate of drug-likeness (QED) is 0.863. The molecule has 0 aliphatic carbocycles. The van der Waals surface area contributed by atoms with Crippen LogP contribution in [0, 0.1) is 0 Å². The van der Waals surface area contributed by atoms with Gasteiger partial charge in [-0.05, 0) is 24.9 Å². The Morgan fingerprint density at radius 1 is 1.18 bits per heavy atom. The number of rotatable bonds is 4. The number of ether oxygens (including phenoxy) is 1. The van der Waals surface area contributed by atoms with Gasteiger partial charge < -0.3 is 10.5 Å². The van der Waals surface area contributed by atoms with Gasteiger partial charge in [0.15, 0.2) is 0 Å². The molecular formula is C14H22N2O. The van der Waals surface area contributed by atoms with Crippen molar-refractivity contribution in [1.82, 2.24) is 4.90 Å². The fourth-order valence-electron chi connectivity index (χ4n) is 2.47. The molecule has 94 valence electrons. The van der Waals surface area contributed by atoms with E-state index in [4.69, 9.17) is 10.5 Å². The van der Waals surface area contributed by atoms with Crippen LogP contribution in [0.2, 0.25) is 0 Å². The molecule has 0 amide bonds. The first-order valence-electron chi connectivity index (χ1n) is 6.48. The highest BCUT2D eigenvalue weighted by atomic mass is 16.5.